The van der Waals surface area contributed by atoms with Crippen molar-refractivity contribution in [3.05, 3.63) is 45.3 Å². The summed E-state index contributed by atoms with van der Waals surface area (Å²) in [5.74, 6) is 0. The zero-order valence-electron chi connectivity index (χ0n) is 8.11. The minimum absolute atomic E-state index is 0.709. The van der Waals surface area contributed by atoms with Crippen molar-refractivity contribution in [3.63, 3.8) is 0 Å². The van der Waals surface area contributed by atoms with Crippen LogP contribution in [0.3, 0.4) is 0 Å². The van der Waals surface area contributed by atoms with Crippen molar-refractivity contribution in [1.29, 1.82) is 5.26 Å². The standard InChI is InChI=1S/C11H8IN3/c1-8-4-11(3-2-9(8)5-13)15-7-10(12)6-14-15/h2-4,6-7H,1H3. The molecule has 0 aliphatic rings. The molecule has 0 amide bonds. The van der Waals surface area contributed by atoms with Gasteiger partial charge in [-0.15, -0.1) is 0 Å². The molecule has 0 bridgehead atoms. The maximum absolute atomic E-state index is 8.81. The molecule has 1 aromatic heterocycles. The van der Waals surface area contributed by atoms with Crippen molar-refractivity contribution < 1.29 is 0 Å². The molecular formula is C11H8IN3. The number of rotatable bonds is 1. The fourth-order valence-corrected chi connectivity index (χ4v) is 1.75. The van der Waals surface area contributed by atoms with Crippen LogP contribution in [0.1, 0.15) is 11.1 Å². The van der Waals surface area contributed by atoms with Gasteiger partial charge in [-0.1, -0.05) is 0 Å². The minimum Gasteiger partial charge on any atom is -0.240 e. The van der Waals surface area contributed by atoms with Gasteiger partial charge in [-0.25, -0.2) is 4.68 Å². The van der Waals surface area contributed by atoms with Crippen molar-refractivity contribution in [2.24, 2.45) is 0 Å². The lowest BCUT2D eigenvalue weighted by atomic mass is 10.1. The van der Waals surface area contributed by atoms with Crippen LogP contribution in [0.2, 0.25) is 0 Å². The summed E-state index contributed by atoms with van der Waals surface area (Å²) in [6, 6.07) is 7.82. The summed E-state index contributed by atoms with van der Waals surface area (Å²) in [5.41, 5.74) is 2.66. The molecule has 0 spiro atoms. The first-order valence-corrected chi connectivity index (χ1v) is 5.50. The lowest BCUT2D eigenvalue weighted by molar-refractivity contribution is 0.878. The van der Waals surface area contributed by atoms with E-state index in [0.29, 0.717) is 5.56 Å². The fraction of sp³-hybridized carbons (Fsp3) is 0.0909. The Hall–Kier alpha value is -1.35. The average molecular weight is 309 g/mol. The normalized spacial score (nSPS) is 9.93. The monoisotopic (exact) mass is 309 g/mol. The lowest BCUT2D eigenvalue weighted by Crippen LogP contribution is -1.95. The van der Waals surface area contributed by atoms with Gasteiger partial charge in [-0.05, 0) is 53.3 Å². The van der Waals surface area contributed by atoms with Gasteiger partial charge in [0.1, 0.15) is 0 Å². The number of aromatic nitrogens is 2. The van der Waals surface area contributed by atoms with Crippen LogP contribution in [0, 0.1) is 21.8 Å². The second-order valence-electron chi connectivity index (χ2n) is 3.21. The zero-order valence-corrected chi connectivity index (χ0v) is 10.3. The first-order valence-electron chi connectivity index (χ1n) is 4.42. The Morgan fingerprint density at radius 1 is 1.47 bits per heavy atom. The zero-order chi connectivity index (χ0) is 10.8. The summed E-state index contributed by atoms with van der Waals surface area (Å²) in [5, 5.41) is 13.0. The van der Waals surface area contributed by atoms with Crippen molar-refractivity contribution in [1.82, 2.24) is 9.78 Å². The van der Waals surface area contributed by atoms with E-state index in [-0.39, 0.29) is 0 Å². The predicted molar refractivity (Wildman–Crippen MR) is 65.7 cm³/mol. The summed E-state index contributed by atoms with van der Waals surface area (Å²) >= 11 is 2.21. The lowest BCUT2D eigenvalue weighted by Gasteiger charge is -2.03. The molecule has 0 aliphatic heterocycles. The van der Waals surface area contributed by atoms with Crippen LogP contribution in [0.5, 0.6) is 0 Å². The molecule has 0 saturated carbocycles. The molecule has 0 unspecified atom stereocenters. The molecule has 2 aromatic rings. The Morgan fingerprint density at radius 3 is 2.80 bits per heavy atom. The Kier molecular flexibility index (Phi) is 2.73. The number of hydrogen-bond acceptors (Lipinski definition) is 2. The Labute approximate surface area is 101 Å². The number of benzene rings is 1. The highest BCUT2D eigenvalue weighted by atomic mass is 127. The molecule has 1 aromatic carbocycles. The van der Waals surface area contributed by atoms with Crippen molar-refractivity contribution in [2.45, 2.75) is 6.92 Å². The molecule has 15 heavy (non-hydrogen) atoms. The van der Waals surface area contributed by atoms with E-state index in [2.05, 4.69) is 33.8 Å². The van der Waals surface area contributed by atoms with E-state index in [1.807, 2.05) is 31.3 Å². The molecule has 2 rings (SSSR count). The molecule has 1 heterocycles. The highest BCUT2D eigenvalue weighted by Gasteiger charge is 2.02. The number of hydrogen-bond donors (Lipinski definition) is 0. The van der Waals surface area contributed by atoms with Gasteiger partial charge in [-0.2, -0.15) is 10.4 Å². The largest absolute Gasteiger partial charge is 0.240 e. The third-order valence-electron chi connectivity index (χ3n) is 2.15. The second-order valence-corrected chi connectivity index (χ2v) is 4.46. The van der Waals surface area contributed by atoms with Crippen LogP contribution in [-0.2, 0) is 0 Å². The van der Waals surface area contributed by atoms with E-state index in [1.165, 1.54) is 0 Å². The molecule has 0 aliphatic carbocycles. The molecule has 0 fully saturated rings. The molecule has 0 radical (unpaired) electrons. The quantitative estimate of drug-likeness (QED) is 0.760. The summed E-state index contributed by atoms with van der Waals surface area (Å²) in [7, 11) is 0. The highest BCUT2D eigenvalue weighted by Crippen LogP contribution is 2.14. The predicted octanol–water partition coefficient (Wildman–Crippen LogP) is 2.66. The van der Waals surface area contributed by atoms with Crippen molar-refractivity contribution in [2.75, 3.05) is 0 Å². The van der Waals surface area contributed by atoms with Crippen LogP contribution >= 0.6 is 22.6 Å². The molecule has 0 atom stereocenters. The van der Waals surface area contributed by atoms with Gasteiger partial charge in [0.05, 0.1) is 27.1 Å². The first-order chi connectivity index (χ1) is 7.20. The molecule has 3 nitrogen and oxygen atoms in total. The van der Waals surface area contributed by atoms with E-state index in [4.69, 9.17) is 5.26 Å². The molecule has 74 valence electrons. The smallest absolute Gasteiger partial charge is 0.0994 e. The number of aryl methyl sites for hydroxylation is 1. The van der Waals surface area contributed by atoms with E-state index < -0.39 is 0 Å². The minimum atomic E-state index is 0.709. The van der Waals surface area contributed by atoms with Gasteiger partial charge in [-0.3, -0.25) is 0 Å². The molecular weight excluding hydrogens is 301 g/mol. The van der Waals surface area contributed by atoms with Gasteiger partial charge in [0.15, 0.2) is 0 Å². The van der Waals surface area contributed by atoms with E-state index in [1.54, 1.807) is 10.9 Å². The maximum Gasteiger partial charge on any atom is 0.0994 e. The topological polar surface area (TPSA) is 41.6 Å². The van der Waals surface area contributed by atoms with Gasteiger partial charge in [0, 0.05) is 6.20 Å². The summed E-state index contributed by atoms with van der Waals surface area (Å²) in [6.45, 7) is 1.93. The number of nitrogens with zero attached hydrogens (tertiary/aromatic N) is 3. The summed E-state index contributed by atoms with van der Waals surface area (Å²) in [6.07, 6.45) is 3.75. The van der Waals surface area contributed by atoms with E-state index in [0.717, 1.165) is 14.8 Å². The van der Waals surface area contributed by atoms with Gasteiger partial charge >= 0.3 is 0 Å². The highest BCUT2D eigenvalue weighted by molar-refractivity contribution is 14.1. The van der Waals surface area contributed by atoms with Crippen LogP contribution < -0.4 is 0 Å². The third-order valence-corrected chi connectivity index (χ3v) is 2.70. The Morgan fingerprint density at radius 2 is 2.27 bits per heavy atom. The van der Waals surface area contributed by atoms with Crippen LogP contribution in [0.4, 0.5) is 0 Å². The summed E-state index contributed by atoms with van der Waals surface area (Å²) in [4.78, 5) is 0. The fourth-order valence-electron chi connectivity index (χ4n) is 1.36. The third kappa shape index (κ3) is 2.02. The van der Waals surface area contributed by atoms with Crippen LogP contribution in [0.15, 0.2) is 30.6 Å². The Bertz CT molecular complexity index is 537. The van der Waals surface area contributed by atoms with Gasteiger partial charge in [0.2, 0.25) is 0 Å². The Balaban J connectivity index is 2.48. The maximum atomic E-state index is 8.81. The van der Waals surface area contributed by atoms with E-state index in [9.17, 15) is 0 Å². The van der Waals surface area contributed by atoms with Crippen molar-refractivity contribution >= 4 is 22.6 Å². The molecule has 4 heteroatoms. The van der Waals surface area contributed by atoms with E-state index >= 15 is 0 Å². The summed E-state index contributed by atoms with van der Waals surface area (Å²) < 4.78 is 2.89. The first kappa shape index (κ1) is 10.2. The number of halogens is 1. The van der Waals surface area contributed by atoms with Crippen LogP contribution in [0.25, 0.3) is 5.69 Å². The molecule has 0 saturated heterocycles. The second kappa shape index (κ2) is 4.03. The van der Waals surface area contributed by atoms with Gasteiger partial charge < -0.3 is 0 Å². The number of nitriles is 1. The SMILES string of the molecule is Cc1cc(-n2cc(I)cn2)ccc1C#N. The molecule has 0 N–H and O–H groups in total. The average Bonchev–Trinajstić information content (AvgIpc) is 2.65. The van der Waals surface area contributed by atoms with Crippen LogP contribution in [-0.4, -0.2) is 9.78 Å². The van der Waals surface area contributed by atoms with Crippen molar-refractivity contribution in [3.8, 4) is 11.8 Å². The van der Waals surface area contributed by atoms with Gasteiger partial charge in [0.25, 0.3) is 0 Å².